The Morgan fingerprint density at radius 3 is 2.83 bits per heavy atom. The summed E-state index contributed by atoms with van der Waals surface area (Å²) in [5, 5.41) is 3.32. The van der Waals surface area contributed by atoms with Gasteiger partial charge in [0.15, 0.2) is 0 Å². The molecule has 0 amide bonds. The molecule has 1 heterocycles. The molecule has 0 bridgehead atoms. The minimum Gasteiger partial charge on any atom is -0.497 e. The normalized spacial score (nSPS) is 18.6. The molecule has 18 heavy (non-hydrogen) atoms. The molecule has 3 nitrogen and oxygen atoms in total. The van der Waals surface area contributed by atoms with Crippen LogP contribution in [0.2, 0.25) is 0 Å². The maximum atomic E-state index is 5.46. The first kappa shape index (κ1) is 13.4. The highest BCUT2D eigenvalue weighted by Gasteiger charge is 2.25. The Balaban J connectivity index is 2.16. The largest absolute Gasteiger partial charge is 0.497 e. The molecule has 1 aliphatic rings. The first-order chi connectivity index (χ1) is 8.85. The van der Waals surface area contributed by atoms with Gasteiger partial charge in [-0.15, -0.1) is 0 Å². The fraction of sp³-hybridized carbons (Fsp3) is 0.600. The molecule has 1 saturated heterocycles. The van der Waals surface area contributed by atoms with Crippen molar-refractivity contribution in [3.63, 3.8) is 0 Å². The van der Waals surface area contributed by atoms with Gasteiger partial charge in [-0.25, -0.2) is 0 Å². The van der Waals surface area contributed by atoms with E-state index in [0.29, 0.717) is 11.8 Å². The predicted molar refractivity (Wildman–Crippen MR) is 73.2 cm³/mol. The molecule has 1 unspecified atom stereocenters. The minimum absolute atomic E-state index is 0.550. The average molecular weight is 249 g/mol. The number of benzene rings is 1. The van der Waals surface area contributed by atoms with Crippen molar-refractivity contribution in [2.24, 2.45) is 5.92 Å². The number of ether oxygens (including phenoxy) is 2. The van der Waals surface area contributed by atoms with E-state index in [2.05, 4.69) is 23.5 Å². The van der Waals surface area contributed by atoms with Gasteiger partial charge in [-0.05, 0) is 49.4 Å². The van der Waals surface area contributed by atoms with Crippen LogP contribution in [-0.4, -0.2) is 33.9 Å². The van der Waals surface area contributed by atoms with Crippen LogP contribution in [0.4, 0.5) is 0 Å². The Morgan fingerprint density at radius 2 is 2.17 bits per heavy atom. The molecule has 0 spiro atoms. The lowest BCUT2D eigenvalue weighted by molar-refractivity contribution is 0.0578. The summed E-state index contributed by atoms with van der Waals surface area (Å²) in [4.78, 5) is 0. The van der Waals surface area contributed by atoms with Gasteiger partial charge in [-0.1, -0.05) is 12.1 Å². The monoisotopic (exact) mass is 249 g/mol. The van der Waals surface area contributed by atoms with Gasteiger partial charge < -0.3 is 14.8 Å². The summed E-state index contributed by atoms with van der Waals surface area (Å²) in [5.41, 5.74) is 1.37. The summed E-state index contributed by atoms with van der Waals surface area (Å²) in [6.45, 7) is 2.81. The van der Waals surface area contributed by atoms with Crippen molar-refractivity contribution < 1.29 is 9.47 Å². The lowest BCUT2D eigenvalue weighted by Gasteiger charge is -2.30. The van der Waals surface area contributed by atoms with E-state index in [1.54, 1.807) is 7.11 Å². The van der Waals surface area contributed by atoms with Crippen LogP contribution in [0.5, 0.6) is 5.75 Å². The zero-order valence-corrected chi connectivity index (χ0v) is 11.3. The van der Waals surface area contributed by atoms with E-state index in [1.165, 1.54) is 5.56 Å². The van der Waals surface area contributed by atoms with Crippen LogP contribution < -0.4 is 10.1 Å². The van der Waals surface area contributed by atoms with Crippen LogP contribution in [0.25, 0.3) is 0 Å². The van der Waals surface area contributed by atoms with Crippen molar-refractivity contribution >= 4 is 0 Å². The number of hydrogen-bond donors (Lipinski definition) is 1. The number of nitrogens with one attached hydrogen (secondary N) is 1. The molecule has 1 aliphatic heterocycles. The Hall–Kier alpha value is -1.06. The van der Waals surface area contributed by atoms with Gasteiger partial charge in [0.25, 0.3) is 0 Å². The first-order valence-corrected chi connectivity index (χ1v) is 6.71. The van der Waals surface area contributed by atoms with Gasteiger partial charge in [0.05, 0.1) is 7.11 Å². The topological polar surface area (TPSA) is 30.5 Å². The van der Waals surface area contributed by atoms with Gasteiger partial charge in [0.2, 0.25) is 0 Å². The van der Waals surface area contributed by atoms with Crippen molar-refractivity contribution in [3.8, 4) is 5.75 Å². The quantitative estimate of drug-likeness (QED) is 0.869. The molecule has 1 N–H and O–H groups in total. The molecule has 0 saturated carbocycles. The summed E-state index contributed by atoms with van der Waals surface area (Å²) < 4.78 is 10.8. The standard InChI is InChI=1S/C15H23NO2/c1-16-11-15(12-6-8-18-9-7-12)13-4-3-5-14(10-13)17-2/h3-5,10,12,15-16H,6-9,11H2,1-2H3. The SMILES string of the molecule is CNCC(c1cccc(OC)c1)C1CCOCC1. The summed E-state index contributed by atoms with van der Waals surface area (Å²) in [5.74, 6) is 2.20. The van der Waals surface area contributed by atoms with E-state index < -0.39 is 0 Å². The van der Waals surface area contributed by atoms with Crippen molar-refractivity contribution in [1.29, 1.82) is 0 Å². The van der Waals surface area contributed by atoms with Crippen molar-refractivity contribution in [2.75, 3.05) is 33.9 Å². The van der Waals surface area contributed by atoms with Gasteiger partial charge >= 0.3 is 0 Å². The van der Waals surface area contributed by atoms with Crippen LogP contribution in [0.1, 0.15) is 24.3 Å². The molecule has 1 aromatic carbocycles. The number of methoxy groups -OCH3 is 1. The average Bonchev–Trinajstić information content (AvgIpc) is 2.46. The number of rotatable bonds is 5. The summed E-state index contributed by atoms with van der Waals surface area (Å²) in [6.07, 6.45) is 2.31. The second-order valence-corrected chi connectivity index (χ2v) is 4.89. The zero-order chi connectivity index (χ0) is 12.8. The zero-order valence-electron chi connectivity index (χ0n) is 11.3. The van der Waals surface area contributed by atoms with Crippen LogP contribution in [0.15, 0.2) is 24.3 Å². The molecule has 100 valence electrons. The minimum atomic E-state index is 0.550. The van der Waals surface area contributed by atoms with Crippen molar-refractivity contribution in [1.82, 2.24) is 5.32 Å². The second kappa shape index (κ2) is 6.76. The van der Waals surface area contributed by atoms with Crippen LogP contribution >= 0.6 is 0 Å². The van der Waals surface area contributed by atoms with Crippen LogP contribution in [0, 0.1) is 5.92 Å². The molecule has 1 fully saturated rings. The number of hydrogen-bond acceptors (Lipinski definition) is 3. The van der Waals surface area contributed by atoms with E-state index in [1.807, 2.05) is 13.1 Å². The highest BCUT2D eigenvalue weighted by atomic mass is 16.5. The van der Waals surface area contributed by atoms with Crippen molar-refractivity contribution in [3.05, 3.63) is 29.8 Å². The molecule has 0 aromatic heterocycles. The maximum absolute atomic E-state index is 5.46. The lowest BCUT2D eigenvalue weighted by Crippen LogP contribution is -2.28. The van der Waals surface area contributed by atoms with E-state index in [0.717, 1.165) is 38.3 Å². The predicted octanol–water partition coefficient (Wildman–Crippen LogP) is 2.42. The third-order valence-corrected chi connectivity index (χ3v) is 3.78. The molecule has 1 aromatic rings. The highest BCUT2D eigenvalue weighted by molar-refractivity contribution is 5.31. The van der Waals surface area contributed by atoms with Crippen molar-refractivity contribution in [2.45, 2.75) is 18.8 Å². The van der Waals surface area contributed by atoms with Crippen LogP contribution in [-0.2, 0) is 4.74 Å². The van der Waals surface area contributed by atoms with E-state index in [9.17, 15) is 0 Å². The summed E-state index contributed by atoms with van der Waals surface area (Å²) >= 11 is 0. The van der Waals surface area contributed by atoms with Gasteiger partial charge in [0, 0.05) is 19.8 Å². The Labute approximate surface area is 109 Å². The third-order valence-electron chi connectivity index (χ3n) is 3.78. The summed E-state index contributed by atoms with van der Waals surface area (Å²) in [6, 6.07) is 8.46. The number of likely N-dealkylation sites (N-methyl/N-ethyl adjacent to an activating group) is 1. The Bertz CT molecular complexity index is 361. The fourth-order valence-electron chi connectivity index (χ4n) is 2.77. The fourth-order valence-corrected chi connectivity index (χ4v) is 2.77. The molecule has 0 radical (unpaired) electrons. The smallest absolute Gasteiger partial charge is 0.119 e. The third kappa shape index (κ3) is 3.24. The van der Waals surface area contributed by atoms with Gasteiger partial charge in [-0.3, -0.25) is 0 Å². The van der Waals surface area contributed by atoms with E-state index >= 15 is 0 Å². The molecule has 0 aliphatic carbocycles. The first-order valence-electron chi connectivity index (χ1n) is 6.71. The van der Waals surface area contributed by atoms with E-state index in [-0.39, 0.29) is 0 Å². The maximum Gasteiger partial charge on any atom is 0.119 e. The molecular formula is C15H23NO2. The van der Waals surface area contributed by atoms with E-state index in [4.69, 9.17) is 9.47 Å². The Morgan fingerprint density at radius 1 is 1.39 bits per heavy atom. The van der Waals surface area contributed by atoms with Gasteiger partial charge in [0.1, 0.15) is 5.75 Å². The molecule has 1 atom stereocenters. The van der Waals surface area contributed by atoms with Gasteiger partial charge in [-0.2, -0.15) is 0 Å². The van der Waals surface area contributed by atoms with Crippen LogP contribution in [0.3, 0.4) is 0 Å². The summed E-state index contributed by atoms with van der Waals surface area (Å²) in [7, 11) is 3.74. The second-order valence-electron chi connectivity index (χ2n) is 4.89. The molecular weight excluding hydrogens is 226 g/mol. The highest BCUT2D eigenvalue weighted by Crippen LogP contribution is 2.33. The Kier molecular flexibility index (Phi) is 5.02. The molecule has 3 heteroatoms. The lowest BCUT2D eigenvalue weighted by atomic mass is 9.81. The molecule has 2 rings (SSSR count).